The van der Waals surface area contributed by atoms with Crippen molar-refractivity contribution >= 4 is 89.7 Å². The third kappa shape index (κ3) is 8.01. The first-order chi connectivity index (χ1) is 40.1. The van der Waals surface area contributed by atoms with Crippen molar-refractivity contribution in [3.8, 4) is 67.2 Å². The number of nitrogens with zero attached hydrogens (tertiary/aromatic N) is 4. The molecule has 13 aromatic carbocycles. The maximum absolute atomic E-state index is 5.64. The number of hydrogen-bond acceptors (Lipinski definition) is 4. The standard InChI is InChI=1S/C76H49BN4/c1-6-22-50(23-7-1)59-38-60(51-24-8-2-9-25-51)41-64(40-59)80-70-46-57-34-18-16-32-55(57)44-67(70)77-68-45-56-33-17-19-35-58(56)47-71(68)81(65-42-61(52-26-10-3-11-27-52)39-62(43-65)53-28-12-4-13-29-53)73-49-63(48-72(80)74(73)77)76-78-69-37-21-20-36-66(69)75(79-76)54-30-14-5-15-31-54/h1-49H. The van der Waals surface area contributed by atoms with Gasteiger partial charge in [-0.25, -0.2) is 9.97 Å². The number of anilines is 6. The predicted molar refractivity (Wildman–Crippen MR) is 341 cm³/mol. The molecule has 0 unspecified atom stereocenters. The van der Waals surface area contributed by atoms with Crippen LogP contribution in [0.25, 0.3) is 99.6 Å². The number of para-hydroxylation sites is 1. The Morgan fingerprint density at radius 3 is 1.04 bits per heavy atom. The number of rotatable bonds is 8. The van der Waals surface area contributed by atoms with Gasteiger partial charge in [0.05, 0.1) is 11.2 Å². The monoisotopic (exact) mass is 1030 g/mol. The highest BCUT2D eigenvalue weighted by Gasteiger charge is 2.44. The molecule has 1 aromatic heterocycles. The summed E-state index contributed by atoms with van der Waals surface area (Å²) in [6.45, 7) is -0.162. The summed E-state index contributed by atoms with van der Waals surface area (Å²) in [6, 6.07) is 109. The molecule has 14 aromatic rings. The van der Waals surface area contributed by atoms with E-state index in [2.05, 4.69) is 307 Å². The van der Waals surface area contributed by atoms with E-state index in [0.29, 0.717) is 5.82 Å². The van der Waals surface area contributed by atoms with Crippen LogP contribution < -0.4 is 26.2 Å². The van der Waals surface area contributed by atoms with Gasteiger partial charge in [0.25, 0.3) is 6.71 Å². The maximum atomic E-state index is 5.64. The van der Waals surface area contributed by atoms with Gasteiger partial charge in [-0.2, -0.15) is 0 Å². The van der Waals surface area contributed by atoms with Crippen LogP contribution >= 0.6 is 0 Å². The van der Waals surface area contributed by atoms with Crippen molar-refractivity contribution in [1.29, 1.82) is 0 Å². The van der Waals surface area contributed by atoms with Gasteiger partial charge in [-0.1, -0.05) is 231 Å². The van der Waals surface area contributed by atoms with Crippen LogP contribution in [0.5, 0.6) is 0 Å². The first-order valence-corrected chi connectivity index (χ1v) is 27.8. The van der Waals surface area contributed by atoms with Crippen LogP contribution in [0.4, 0.5) is 34.1 Å². The Balaban J connectivity index is 1.06. The summed E-state index contributed by atoms with van der Waals surface area (Å²) in [7, 11) is 0. The largest absolute Gasteiger partial charge is 0.311 e. The fourth-order valence-corrected chi connectivity index (χ4v) is 12.7. The van der Waals surface area contributed by atoms with Gasteiger partial charge < -0.3 is 9.80 Å². The van der Waals surface area contributed by atoms with Gasteiger partial charge in [0.1, 0.15) is 0 Å². The van der Waals surface area contributed by atoms with Crippen LogP contribution in [0.15, 0.2) is 297 Å². The molecular formula is C76H49BN4. The molecule has 0 saturated carbocycles. The Morgan fingerprint density at radius 1 is 0.259 bits per heavy atom. The van der Waals surface area contributed by atoms with Gasteiger partial charge in [0, 0.05) is 50.6 Å². The molecule has 2 aliphatic heterocycles. The molecule has 0 saturated heterocycles. The zero-order valence-corrected chi connectivity index (χ0v) is 44.2. The molecule has 16 rings (SSSR count). The smallest absolute Gasteiger partial charge is 0.252 e. The zero-order chi connectivity index (χ0) is 53.4. The van der Waals surface area contributed by atoms with Gasteiger partial charge in [-0.3, -0.25) is 0 Å². The minimum absolute atomic E-state index is 0.162. The summed E-state index contributed by atoms with van der Waals surface area (Å²) in [4.78, 5) is 16.3. The minimum Gasteiger partial charge on any atom is -0.311 e. The topological polar surface area (TPSA) is 32.3 Å². The van der Waals surface area contributed by atoms with Crippen LogP contribution in [0.3, 0.4) is 0 Å². The minimum atomic E-state index is -0.162. The third-order valence-electron chi connectivity index (χ3n) is 16.5. The molecule has 0 bridgehead atoms. The second-order valence-corrected chi connectivity index (χ2v) is 21.3. The van der Waals surface area contributed by atoms with Crippen molar-refractivity contribution in [2.75, 3.05) is 9.80 Å². The van der Waals surface area contributed by atoms with E-state index < -0.39 is 0 Å². The van der Waals surface area contributed by atoms with Gasteiger partial charge in [0.2, 0.25) is 0 Å². The number of fused-ring (bicyclic) bond motifs is 7. The Morgan fingerprint density at radius 2 is 0.617 bits per heavy atom. The molecule has 0 spiro atoms. The van der Waals surface area contributed by atoms with Crippen molar-refractivity contribution in [2.24, 2.45) is 0 Å². The van der Waals surface area contributed by atoms with Gasteiger partial charge >= 0.3 is 0 Å². The van der Waals surface area contributed by atoms with Crippen molar-refractivity contribution in [3.05, 3.63) is 297 Å². The van der Waals surface area contributed by atoms with Crippen molar-refractivity contribution in [3.63, 3.8) is 0 Å². The second kappa shape index (κ2) is 19.1. The maximum Gasteiger partial charge on any atom is 0.252 e. The molecule has 0 fully saturated rings. The van der Waals surface area contributed by atoms with E-state index >= 15 is 0 Å². The lowest BCUT2D eigenvalue weighted by atomic mass is 9.33. The number of hydrogen-bond donors (Lipinski definition) is 0. The quantitative estimate of drug-likeness (QED) is 0.142. The van der Waals surface area contributed by atoms with Crippen LogP contribution in [0, 0.1) is 0 Å². The molecule has 0 atom stereocenters. The third-order valence-corrected chi connectivity index (χ3v) is 16.5. The first kappa shape index (κ1) is 46.5. The Kier molecular flexibility index (Phi) is 11.0. The van der Waals surface area contributed by atoms with Crippen LogP contribution in [0.1, 0.15) is 0 Å². The summed E-state index contributed by atoms with van der Waals surface area (Å²) in [5, 5.41) is 5.76. The Hall–Kier alpha value is -10.6. The van der Waals surface area contributed by atoms with E-state index in [0.717, 1.165) is 106 Å². The summed E-state index contributed by atoms with van der Waals surface area (Å²) in [5.74, 6) is 0.655. The molecular weight excluding hydrogens is 980 g/mol. The van der Waals surface area contributed by atoms with Crippen LogP contribution in [0.2, 0.25) is 0 Å². The number of aromatic nitrogens is 2. The van der Waals surface area contributed by atoms with Gasteiger partial charge in [-0.15, -0.1) is 0 Å². The average molecular weight is 1030 g/mol. The normalized spacial score (nSPS) is 12.4. The van der Waals surface area contributed by atoms with E-state index in [1.54, 1.807) is 0 Å². The Bertz CT molecular complexity index is 4410. The lowest BCUT2D eigenvalue weighted by Crippen LogP contribution is -2.61. The molecule has 4 nitrogen and oxygen atoms in total. The Labute approximate surface area is 471 Å². The van der Waals surface area contributed by atoms with Crippen molar-refractivity contribution in [1.82, 2.24) is 9.97 Å². The van der Waals surface area contributed by atoms with Crippen molar-refractivity contribution in [2.45, 2.75) is 0 Å². The van der Waals surface area contributed by atoms with E-state index in [4.69, 9.17) is 9.97 Å². The summed E-state index contributed by atoms with van der Waals surface area (Å²) in [5.41, 5.74) is 23.1. The lowest BCUT2D eigenvalue weighted by molar-refractivity contribution is 1.21. The lowest BCUT2D eigenvalue weighted by Gasteiger charge is -2.45. The molecule has 376 valence electrons. The summed E-state index contributed by atoms with van der Waals surface area (Å²) >= 11 is 0. The van der Waals surface area contributed by atoms with Crippen LogP contribution in [-0.2, 0) is 0 Å². The first-order valence-electron chi connectivity index (χ1n) is 27.8. The summed E-state index contributed by atoms with van der Waals surface area (Å²) in [6.07, 6.45) is 0. The SMILES string of the molecule is c1ccc(-c2cc(-c3ccccc3)cc(N3c4cc5ccccc5cc4B4c5cc6ccccc6cc5N(c5cc(-c6ccccc6)cc(-c6ccccc6)c5)c5cc(-c6nc(-c7ccccc7)c7ccccc7n6)cc3c54)c2)cc1. The summed E-state index contributed by atoms with van der Waals surface area (Å²) < 4.78 is 0. The molecule has 2 aliphatic rings. The van der Waals surface area contributed by atoms with E-state index in [1.807, 2.05) is 0 Å². The molecule has 3 heterocycles. The fraction of sp³-hybridized carbons (Fsp3) is 0. The van der Waals surface area contributed by atoms with E-state index in [9.17, 15) is 0 Å². The van der Waals surface area contributed by atoms with E-state index in [-0.39, 0.29) is 6.71 Å². The fourth-order valence-electron chi connectivity index (χ4n) is 12.7. The van der Waals surface area contributed by atoms with Gasteiger partial charge in [-0.05, 0) is 149 Å². The molecule has 0 amide bonds. The molecule has 5 heteroatoms. The highest BCUT2D eigenvalue weighted by atomic mass is 15.2. The van der Waals surface area contributed by atoms with Crippen LogP contribution in [-0.4, -0.2) is 16.7 Å². The highest BCUT2D eigenvalue weighted by molar-refractivity contribution is 7.00. The average Bonchev–Trinajstić information content (AvgIpc) is 3.72. The van der Waals surface area contributed by atoms with Gasteiger partial charge in [0.15, 0.2) is 5.82 Å². The molecule has 0 N–H and O–H groups in total. The second-order valence-electron chi connectivity index (χ2n) is 21.3. The molecule has 81 heavy (non-hydrogen) atoms. The molecule has 0 aliphatic carbocycles. The van der Waals surface area contributed by atoms with Crippen molar-refractivity contribution < 1.29 is 0 Å². The predicted octanol–water partition coefficient (Wildman–Crippen LogP) is 18.0. The number of benzene rings is 13. The highest BCUT2D eigenvalue weighted by Crippen LogP contribution is 2.49. The zero-order valence-electron chi connectivity index (χ0n) is 44.2. The molecule has 0 radical (unpaired) electrons. The van der Waals surface area contributed by atoms with E-state index in [1.165, 1.54) is 37.9 Å².